The van der Waals surface area contributed by atoms with Gasteiger partial charge in [0.05, 0.1) is 6.04 Å². The van der Waals surface area contributed by atoms with Crippen molar-refractivity contribution in [3.8, 4) is 0 Å². The Hall–Kier alpha value is -1.84. The number of hydrogen-bond acceptors (Lipinski definition) is 2. The maximum atomic E-state index is 12.3. The Balaban J connectivity index is 1.59. The first kappa shape index (κ1) is 15.1. The average molecular weight is 300 g/mol. The maximum Gasteiger partial charge on any atom is 0.229 e. The summed E-state index contributed by atoms with van der Waals surface area (Å²) in [6.07, 6.45) is 5.94. The molecule has 22 heavy (non-hydrogen) atoms. The van der Waals surface area contributed by atoms with Gasteiger partial charge in [0.15, 0.2) is 0 Å². The molecule has 2 amide bonds. The molecule has 1 saturated heterocycles. The van der Waals surface area contributed by atoms with Gasteiger partial charge in [-0.2, -0.15) is 0 Å². The first-order valence-electron chi connectivity index (χ1n) is 8.31. The molecule has 3 rings (SSSR count). The molecule has 4 nitrogen and oxygen atoms in total. The van der Waals surface area contributed by atoms with Crippen LogP contribution in [-0.4, -0.2) is 24.4 Å². The van der Waals surface area contributed by atoms with Crippen LogP contribution in [0.3, 0.4) is 0 Å². The highest BCUT2D eigenvalue weighted by molar-refractivity contribution is 5.97. The summed E-state index contributed by atoms with van der Waals surface area (Å²) in [5.41, 5.74) is 2.10. The van der Waals surface area contributed by atoms with Crippen molar-refractivity contribution < 1.29 is 9.59 Å². The second-order valence-electron chi connectivity index (χ2n) is 6.58. The van der Waals surface area contributed by atoms with Crippen LogP contribution in [0.1, 0.15) is 44.1 Å². The largest absolute Gasteiger partial charge is 0.351 e. The Kier molecular flexibility index (Phi) is 4.46. The second kappa shape index (κ2) is 6.51. The smallest absolute Gasteiger partial charge is 0.229 e. The molecule has 1 atom stereocenters. The predicted octanol–water partition coefficient (Wildman–Crippen LogP) is 2.80. The normalized spacial score (nSPS) is 22.9. The Morgan fingerprint density at radius 2 is 1.82 bits per heavy atom. The van der Waals surface area contributed by atoms with Crippen LogP contribution in [0.2, 0.25) is 0 Å². The highest BCUT2D eigenvalue weighted by Crippen LogP contribution is 2.25. The lowest BCUT2D eigenvalue weighted by Gasteiger charge is -2.23. The summed E-state index contributed by atoms with van der Waals surface area (Å²) in [6.45, 7) is 2.61. The molecular weight excluding hydrogens is 276 g/mol. The summed E-state index contributed by atoms with van der Waals surface area (Å²) in [5.74, 6) is 0.387. The van der Waals surface area contributed by atoms with Gasteiger partial charge in [0.1, 0.15) is 0 Å². The van der Waals surface area contributed by atoms with E-state index in [4.69, 9.17) is 0 Å². The fourth-order valence-corrected chi connectivity index (χ4v) is 3.46. The molecule has 2 aliphatic rings. The SMILES string of the molecule is Cc1ccc(N2C[C@@H](NC(=O)C3CCCCC3)CC2=O)cc1. The fraction of sp³-hybridized carbons (Fsp3) is 0.556. The van der Waals surface area contributed by atoms with Gasteiger partial charge in [0, 0.05) is 24.6 Å². The lowest BCUT2D eigenvalue weighted by atomic mass is 9.88. The van der Waals surface area contributed by atoms with E-state index in [9.17, 15) is 9.59 Å². The second-order valence-corrected chi connectivity index (χ2v) is 6.58. The number of anilines is 1. The number of carbonyl (C=O) groups is 2. The van der Waals surface area contributed by atoms with Gasteiger partial charge >= 0.3 is 0 Å². The molecule has 1 heterocycles. The van der Waals surface area contributed by atoms with Crippen LogP contribution >= 0.6 is 0 Å². The standard InChI is InChI=1S/C18H24N2O2/c1-13-7-9-16(10-8-13)20-12-15(11-17(20)21)19-18(22)14-5-3-2-4-6-14/h7-10,14-15H,2-6,11-12H2,1H3,(H,19,22)/t15-/m0/s1. The summed E-state index contributed by atoms with van der Waals surface area (Å²) in [6, 6.07) is 7.91. The summed E-state index contributed by atoms with van der Waals surface area (Å²) in [7, 11) is 0. The van der Waals surface area contributed by atoms with Gasteiger partial charge in [-0.1, -0.05) is 37.0 Å². The Morgan fingerprint density at radius 1 is 1.14 bits per heavy atom. The summed E-state index contributed by atoms with van der Waals surface area (Å²) in [4.78, 5) is 26.3. The van der Waals surface area contributed by atoms with E-state index in [1.807, 2.05) is 31.2 Å². The van der Waals surface area contributed by atoms with Crippen LogP contribution in [0.4, 0.5) is 5.69 Å². The van der Waals surface area contributed by atoms with Gasteiger partial charge in [-0.25, -0.2) is 0 Å². The van der Waals surface area contributed by atoms with E-state index in [0.29, 0.717) is 13.0 Å². The van der Waals surface area contributed by atoms with Crippen molar-refractivity contribution in [1.29, 1.82) is 0 Å². The van der Waals surface area contributed by atoms with Crippen molar-refractivity contribution >= 4 is 17.5 Å². The molecule has 0 radical (unpaired) electrons. The summed E-state index contributed by atoms with van der Waals surface area (Å²) < 4.78 is 0. The third kappa shape index (κ3) is 3.32. The first-order valence-corrected chi connectivity index (χ1v) is 8.31. The number of amides is 2. The molecule has 1 N–H and O–H groups in total. The van der Waals surface area contributed by atoms with E-state index in [1.165, 1.54) is 12.0 Å². The van der Waals surface area contributed by atoms with Crippen LogP contribution < -0.4 is 10.2 Å². The first-order chi connectivity index (χ1) is 10.6. The van der Waals surface area contributed by atoms with Crippen LogP contribution in [0.5, 0.6) is 0 Å². The highest BCUT2D eigenvalue weighted by Gasteiger charge is 2.33. The zero-order valence-corrected chi connectivity index (χ0v) is 13.2. The van der Waals surface area contributed by atoms with Crippen molar-refractivity contribution in [3.05, 3.63) is 29.8 Å². The Bertz CT molecular complexity index is 547. The van der Waals surface area contributed by atoms with Gasteiger partial charge < -0.3 is 10.2 Å². The number of rotatable bonds is 3. The van der Waals surface area contributed by atoms with Crippen molar-refractivity contribution in [2.45, 2.75) is 51.5 Å². The van der Waals surface area contributed by atoms with Gasteiger partial charge in [0.2, 0.25) is 11.8 Å². The van der Waals surface area contributed by atoms with Crippen molar-refractivity contribution in [2.24, 2.45) is 5.92 Å². The maximum absolute atomic E-state index is 12.3. The van der Waals surface area contributed by atoms with E-state index in [2.05, 4.69) is 5.32 Å². The lowest BCUT2D eigenvalue weighted by molar-refractivity contribution is -0.126. The predicted molar refractivity (Wildman–Crippen MR) is 86.7 cm³/mol. The Morgan fingerprint density at radius 3 is 2.50 bits per heavy atom. The molecule has 118 valence electrons. The van der Waals surface area contributed by atoms with Gasteiger partial charge in [-0.15, -0.1) is 0 Å². The number of hydrogen-bond donors (Lipinski definition) is 1. The third-order valence-electron chi connectivity index (χ3n) is 4.79. The van der Waals surface area contributed by atoms with Gasteiger partial charge in [0.25, 0.3) is 0 Å². The fourth-order valence-electron chi connectivity index (χ4n) is 3.46. The summed E-state index contributed by atoms with van der Waals surface area (Å²) >= 11 is 0. The minimum Gasteiger partial charge on any atom is -0.351 e. The van der Waals surface area contributed by atoms with Crippen molar-refractivity contribution in [3.63, 3.8) is 0 Å². The van der Waals surface area contributed by atoms with Crippen LogP contribution in [0, 0.1) is 12.8 Å². The summed E-state index contributed by atoms with van der Waals surface area (Å²) in [5, 5.41) is 3.09. The van der Waals surface area contributed by atoms with Crippen LogP contribution in [0.15, 0.2) is 24.3 Å². The number of nitrogens with one attached hydrogen (secondary N) is 1. The topological polar surface area (TPSA) is 49.4 Å². The zero-order valence-electron chi connectivity index (χ0n) is 13.2. The molecule has 0 spiro atoms. The molecular formula is C18H24N2O2. The van der Waals surface area contributed by atoms with E-state index < -0.39 is 0 Å². The van der Waals surface area contributed by atoms with Crippen LogP contribution in [0.25, 0.3) is 0 Å². The number of aryl methyl sites for hydroxylation is 1. The van der Waals surface area contributed by atoms with E-state index in [-0.39, 0.29) is 23.8 Å². The Labute approximate surface area is 131 Å². The molecule has 1 aromatic rings. The molecule has 0 unspecified atom stereocenters. The highest BCUT2D eigenvalue weighted by atomic mass is 16.2. The number of benzene rings is 1. The minimum atomic E-state index is -0.0526. The van der Waals surface area contributed by atoms with Gasteiger partial charge in [-0.3, -0.25) is 9.59 Å². The van der Waals surface area contributed by atoms with E-state index in [1.54, 1.807) is 4.90 Å². The molecule has 0 bridgehead atoms. The molecule has 1 aromatic carbocycles. The molecule has 1 aliphatic heterocycles. The van der Waals surface area contributed by atoms with Crippen molar-refractivity contribution in [1.82, 2.24) is 5.32 Å². The molecule has 0 aromatic heterocycles. The minimum absolute atomic E-state index is 0.0526. The molecule has 1 aliphatic carbocycles. The average Bonchev–Trinajstić information content (AvgIpc) is 2.89. The monoisotopic (exact) mass is 300 g/mol. The molecule has 4 heteroatoms. The third-order valence-corrected chi connectivity index (χ3v) is 4.79. The lowest BCUT2D eigenvalue weighted by Crippen LogP contribution is -2.41. The van der Waals surface area contributed by atoms with Gasteiger partial charge in [-0.05, 0) is 31.9 Å². The van der Waals surface area contributed by atoms with E-state index in [0.717, 1.165) is 31.4 Å². The quantitative estimate of drug-likeness (QED) is 0.933. The molecule has 2 fully saturated rings. The number of nitrogens with zero attached hydrogens (tertiary/aromatic N) is 1. The van der Waals surface area contributed by atoms with Crippen LogP contribution in [-0.2, 0) is 9.59 Å². The van der Waals surface area contributed by atoms with E-state index >= 15 is 0 Å². The zero-order chi connectivity index (χ0) is 15.5. The van der Waals surface area contributed by atoms with Crippen molar-refractivity contribution in [2.75, 3.05) is 11.4 Å². The number of carbonyl (C=O) groups excluding carboxylic acids is 2. The molecule has 1 saturated carbocycles.